The van der Waals surface area contributed by atoms with Gasteiger partial charge in [-0.1, -0.05) is 62.1 Å². The molecule has 1 N–H and O–H groups in total. The van der Waals surface area contributed by atoms with Crippen LogP contribution in [0.25, 0.3) is 0 Å². The molecule has 3 aromatic rings. The smallest absolute Gasteiger partial charge is 0.275 e. The number of carbonyl (C=O) groups excluding carboxylic acids is 1. The number of benzene rings is 3. The lowest BCUT2D eigenvalue weighted by Gasteiger charge is -2.11. The van der Waals surface area contributed by atoms with E-state index >= 15 is 0 Å². The van der Waals surface area contributed by atoms with Crippen molar-refractivity contribution in [2.24, 2.45) is 5.10 Å². The van der Waals surface area contributed by atoms with Gasteiger partial charge < -0.3 is 9.47 Å². The molecule has 0 aliphatic carbocycles. The van der Waals surface area contributed by atoms with Gasteiger partial charge in [-0.15, -0.1) is 0 Å². The summed E-state index contributed by atoms with van der Waals surface area (Å²) in [6, 6.07) is 22.4. The van der Waals surface area contributed by atoms with Gasteiger partial charge in [0.1, 0.15) is 18.1 Å². The lowest BCUT2D eigenvalue weighted by atomic mass is 10.1. The molecule has 0 atom stereocenters. The number of unbranched alkanes of at least 4 members (excludes halogenated alkanes) is 3. The fourth-order valence-electron chi connectivity index (χ4n) is 3.29. The van der Waals surface area contributed by atoms with Crippen LogP contribution in [0.2, 0.25) is 5.02 Å². The Morgan fingerprint density at radius 2 is 1.65 bits per heavy atom. The number of halogens is 1. The lowest BCUT2D eigenvalue weighted by Crippen LogP contribution is -2.20. The molecule has 1 amide bonds. The highest BCUT2D eigenvalue weighted by Gasteiger charge is 2.12. The topological polar surface area (TPSA) is 59.9 Å². The van der Waals surface area contributed by atoms with Gasteiger partial charge in [-0.25, -0.2) is 5.43 Å². The summed E-state index contributed by atoms with van der Waals surface area (Å²) in [5.74, 6) is 1.03. The predicted molar refractivity (Wildman–Crippen MR) is 138 cm³/mol. The van der Waals surface area contributed by atoms with E-state index in [-0.39, 0.29) is 5.91 Å². The van der Waals surface area contributed by atoms with E-state index in [0.717, 1.165) is 29.7 Å². The molecule has 0 aliphatic heterocycles. The monoisotopic (exact) mass is 478 g/mol. The van der Waals surface area contributed by atoms with E-state index < -0.39 is 0 Å². The van der Waals surface area contributed by atoms with Crippen LogP contribution in [-0.4, -0.2) is 18.2 Å². The minimum Gasteiger partial charge on any atom is -0.493 e. The molecule has 0 radical (unpaired) electrons. The number of nitrogens with one attached hydrogen (secondary N) is 1. The third-order valence-electron chi connectivity index (χ3n) is 5.30. The largest absolute Gasteiger partial charge is 0.493 e. The molecule has 0 aliphatic rings. The van der Waals surface area contributed by atoms with Crippen molar-refractivity contribution in [2.45, 2.75) is 46.1 Å². The molecule has 0 saturated carbocycles. The second-order valence-corrected chi connectivity index (χ2v) is 8.42. The van der Waals surface area contributed by atoms with Crippen LogP contribution in [0.1, 0.15) is 61.0 Å². The maximum Gasteiger partial charge on any atom is 0.275 e. The number of carbonyl (C=O) groups is 1. The van der Waals surface area contributed by atoms with Crippen molar-refractivity contribution >= 4 is 23.2 Å². The van der Waals surface area contributed by atoms with Crippen LogP contribution in [-0.2, 0) is 6.61 Å². The fraction of sp³-hybridized carbons (Fsp3) is 0.286. The predicted octanol–water partition coefficient (Wildman–Crippen LogP) is 7.03. The molecule has 0 heterocycles. The van der Waals surface area contributed by atoms with Crippen molar-refractivity contribution in [1.29, 1.82) is 0 Å². The Labute approximate surface area is 206 Å². The second kappa shape index (κ2) is 13.4. The van der Waals surface area contributed by atoms with Crippen LogP contribution in [0.3, 0.4) is 0 Å². The number of rotatable bonds is 12. The summed E-state index contributed by atoms with van der Waals surface area (Å²) in [7, 11) is 0. The molecular formula is C28H31ClN2O3. The van der Waals surface area contributed by atoms with Crippen LogP contribution in [0.5, 0.6) is 11.5 Å². The highest BCUT2D eigenvalue weighted by molar-refractivity contribution is 6.30. The zero-order valence-corrected chi connectivity index (χ0v) is 20.5. The maximum atomic E-state index is 12.7. The molecule has 0 spiro atoms. The number of hydrazone groups is 1. The Hall–Kier alpha value is -3.31. The molecule has 178 valence electrons. The molecule has 6 heteroatoms. The Balaban J connectivity index is 1.54. The zero-order chi connectivity index (χ0) is 24.2. The Morgan fingerprint density at radius 3 is 2.38 bits per heavy atom. The zero-order valence-electron chi connectivity index (χ0n) is 19.7. The average Bonchev–Trinajstić information content (AvgIpc) is 2.87. The molecule has 0 bridgehead atoms. The Morgan fingerprint density at radius 1 is 0.912 bits per heavy atom. The van der Waals surface area contributed by atoms with E-state index in [2.05, 4.69) is 17.5 Å². The summed E-state index contributed by atoms with van der Waals surface area (Å²) >= 11 is 5.91. The quantitative estimate of drug-likeness (QED) is 0.172. The molecular weight excluding hydrogens is 448 g/mol. The first-order chi connectivity index (χ1) is 16.6. The standard InChI is InChI=1S/C28H31ClN2O3/c1-3-4-5-8-19-33-27-10-7-6-9-26(27)28(32)31-30-21(2)23-13-17-25(18-14-23)34-20-22-11-15-24(29)16-12-22/h6-7,9-18H,3-5,8,19-20H2,1-2H3,(H,31,32)/b30-21+. The summed E-state index contributed by atoms with van der Waals surface area (Å²) < 4.78 is 11.7. The molecule has 0 fully saturated rings. The minimum atomic E-state index is -0.300. The molecule has 0 saturated heterocycles. The van der Waals surface area contributed by atoms with E-state index in [9.17, 15) is 4.79 Å². The van der Waals surface area contributed by atoms with Crippen molar-refractivity contribution in [2.75, 3.05) is 6.61 Å². The van der Waals surface area contributed by atoms with Gasteiger partial charge in [0.15, 0.2) is 0 Å². The Kier molecular flexibility index (Phi) is 9.98. The molecule has 0 unspecified atom stereocenters. The summed E-state index contributed by atoms with van der Waals surface area (Å²) in [5.41, 5.74) is 5.73. The van der Waals surface area contributed by atoms with Crippen LogP contribution >= 0.6 is 11.6 Å². The van der Waals surface area contributed by atoms with Crippen LogP contribution in [0, 0.1) is 0 Å². The van der Waals surface area contributed by atoms with Gasteiger partial charge >= 0.3 is 0 Å². The van der Waals surface area contributed by atoms with Crippen molar-refractivity contribution in [3.05, 3.63) is 94.5 Å². The first kappa shape index (κ1) is 25.3. The van der Waals surface area contributed by atoms with E-state index in [4.69, 9.17) is 21.1 Å². The summed E-state index contributed by atoms with van der Waals surface area (Å²) in [5, 5.41) is 4.97. The van der Waals surface area contributed by atoms with E-state index in [1.165, 1.54) is 12.8 Å². The van der Waals surface area contributed by atoms with Crippen molar-refractivity contribution in [3.8, 4) is 11.5 Å². The van der Waals surface area contributed by atoms with E-state index in [1.54, 1.807) is 6.07 Å². The van der Waals surface area contributed by atoms with E-state index in [0.29, 0.717) is 35.3 Å². The van der Waals surface area contributed by atoms with Crippen LogP contribution in [0.15, 0.2) is 77.9 Å². The Bertz CT molecular complexity index is 1080. The summed E-state index contributed by atoms with van der Waals surface area (Å²) in [6.45, 7) is 5.08. The second-order valence-electron chi connectivity index (χ2n) is 7.98. The SMILES string of the molecule is CCCCCCOc1ccccc1C(=O)N/N=C(\C)c1ccc(OCc2ccc(Cl)cc2)cc1. The number of hydrogen-bond donors (Lipinski definition) is 1. The van der Waals surface area contributed by atoms with Crippen LogP contribution < -0.4 is 14.9 Å². The van der Waals surface area contributed by atoms with Gasteiger partial charge in [0.25, 0.3) is 5.91 Å². The van der Waals surface area contributed by atoms with Crippen molar-refractivity contribution < 1.29 is 14.3 Å². The molecule has 34 heavy (non-hydrogen) atoms. The van der Waals surface area contributed by atoms with Crippen LogP contribution in [0.4, 0.5) is 0 Å². The summed E-state index contributed by atoms with van der Waals surface area (Å²) in [6.07, 6.45) is 4.46. The first-order valence-electron chi connectivity index (χ1n) is 11.6. The lowest BCUT2D eigenvalue weighted by molar-refractivity contribution is 0.0950. The minimum absolute atomic E-state index is 0.300. The molecule has 3 aromatic carbocycles. The molecule has 0 aromatic heterocycles. The number of para-hydroxylation sites is 1. The van der Waals surface area contributed by atoms with Gasteiger partial charge in [0, 0.05) is 5.02 Å². The number of hydrogen-bond acceptors (Lipinski definition) is 4. The first-order valence-corrected chi connectivity index (χ1v) is 12.0. The number of ether oxygens (including phenoxy) is 2. The summed E-state index contributed by atoms with van der Waals surface area (Å²) in [4.78, 5) is 12.7. The highest BCUT2D eigenvalue weighted by atomic mass is 35.5. The third-order valence-corrected chi connectivity index (χ3v) is 5.56. The average molecular weight is 479 g/mol. The normalized spacial score (nSPS) is 11.2. The molecule has 5 nitrogen and oxygen atoms in total. The molecule has 3 rings (SSSR count). The third kappa shape index (κ3) is 7.92. The number of nitrogens with zero attached hydrogens (tertiary/aromatic N) is 1. The van der Waals surface area contributed by atoms with E-state index in [1.807, 2.05) is 73.7 Å². The van der Waals surface area contributed by atoms with Gasteiger partial charge in [-0.2, -0.15) is 5.10 Å². The van der Waals surface area contributed by atoms with Crippen molar-refractivity contribution in [3.63, 3.8) is 0 Å². The van der Waals surface area contributed by atoms with Gasteiger partial charge in [0.2, 0.25) is 0 Å². The fourth-order valence-corrected chi connectivity index (χ4v) is 3.42. The number of amides is 1. The van der Waals surface area contributed by atoms with Gasteiger partial charge in [-0.05, 0) is 73.0 Å². The highest BCUT2D eigenvalue weighted by Crippen LogP contribution is 2.19. The van der Waals surface area contributed by atoms with Crippen molar-refractivity contribution in [1.82, 2.24) is 5.43 Å². The van der Waals surface area contributed by atoms with Gasteiger partial charge in [0.05, 0.1) is 17.9 Å². The van der Waals surface area contributed by atoms with Gasteiger partial charge in [-0.3, -0.25) is 4.79 Å². The maximum absolute atomic E-state index is 12.7.